The van der Waals surface area contributed by atoms with Gasteiger partial charge in [0.15, 0.2) is 30.6 Å². The number of carbonyl (C=O) groups is 7. The number of carboxylic acids is 3. The van der Waals surface area contributed by atoms with Crippen LogP contribution >= 0.6 is 0 Å². The number of aliphatic hydroxyl groups excluding tert-OH is 5. The Labute approximate surface area is 529 Å². The van der Waals surface area contributed by atoms with Crippen molar-refractivity contribution in [1.29, 1.82) is 0 Å². The molecule has 2 aliphatic heterocycles. The third-order valence-electron chi connectivity index (χ3n) is 23.0. The summed E-state index contributed by atoms with van der Waals surface area (Å²) in [4.78, 5) is 95.8. The summed E-state index contributed by atoms with van der Waals surface area (Å²) in [5.41, 5.74) is -0.732. The fraction of sp³-hybridized carbons (Fsp3) is 0.609. The first-order valence-electron chi connectivity index (χ1n) is 31.9. The zero-order valence-electron chi connectivity index (χ0n) is 52.6. The van der Waals surface area contributed by atoms with Crippen LogP contribution < -0.4 is 16.0 Å². The van der Waals surface area contributed by atoms with Crippen molar-refractivity contribution >= 4 is 41.4 Å². The molecule has 3 aromatic carbocycles. The maximum atomic E-state index is 15.5. The molecule has 5 unspecified atom stereocenters. The van der Waals surface area contributed by atoms with Gasteiger partial charge in [-0.25, -0.2) is 14.4 Å². The molecule has 0 bridgehead atoms. The molecule has 22 atom stereocenters. The Balaban J connectivity index is 0.914. The Morgan fingerprint density at radius 1 is 0.549 bits per heavy atom. The zero-order valence-corrected chi connectivity index (χ0v) is 52.6. The number of ketones is 1. The first-order chi connectivity index (χ1) is 42.9. The molecular weight excluding hydrogens is 1170 g/mol. The molecule has 2 saturated heterocycles. The van der Waals surface area contributed by atoms with E-state index in [9.17, 15) is 69.6 Å². The molecule has 11 N–H and O–H groups in total. The van der Waals surface area contributed by atoms with Gasteiger partial charge >= 0.3 is 17.9 Å². The van der Waals surface area contributed by atoms with E-state index in [2.05, 4.69) is 43.6 Å². The van der Waals surface area contributed by atoms with Crippen molar-refractivity contribution in [2.75, 3.05) is 0 Å². The van der Waals surface area contributed by atoms with E-state index in [1.54, 1.807) is 60.7 Å². The minimum atomic E-state index is -2.18. The van der Waals surface area contributed by atoms with E-state index >= 15 is 4.79 Å². The van der Waals surface area contributed by atoms with E-state index in [-0.39, 0.29) is 54.6 Å². The van der Waals surface area contributed by atoms with E-state index < -0.39 is 148 Å². The molecule has 0 spiro atoms. The van der Waals surface area contributed by atoms with Crippen LogP contribution in [-0.2, 0) is 71.8 Å². The number of fused-ring (bicyclic) bond motifs is 7. The van der Waals surface area contributed by atoms with Gasteiger partial charge in [0.25, 0.3) is 11.8 Å². The Morgan fingerprint density at radius 2 is 1.02 bits per heavy atom. The maximum Gasteiger partial charge on any atom is 0.326 e. The average Bonchev–Trinajstić information content (AvgIpc) is 0.674. The summed E-state index contributed by atoms with van der Waals surface area (Å²) in [6, 6.07) is 21.8. The van der Waals surface area contributed by atoms with Crippen LogP contribution in [0.2, 0.25) is 0 Å². The monoisotopic (exact) mass is 1260 g/mol. The number of hydrogen-bond acceptors (Lipinski definition) is 16. The topological polar surface area (TPSA) is 354 Å². The maximum absolute atomic E-state index is 15.5. The van der Waals surface area contributed by atoms with Crippen LogP contribution in [0.25, 0.3) is 0 Å². The van der Waals surface area contributed by atoms with Crippen molar-refractivity contribution in [2.45, 2.75) is 211 Å². The molecule has 91 heavy (non-hydrogen) atoms. The van der Waals surface area contributed by atoms with E-state index in [4.69, 9.17) is 18.9 Å². The van der Waals surface area contributed by atoms with Crippen LogP contribution in [-0.4, -0.2) is 168 Å². The van der Waals surface area contributed by atoms with Crippen molar-refractivity contribution in [3.63, 3.8) is 0 Å². The fourth-order valence-electron chi connectivity index (χ4n) is 17.4. The van der Waals surface area contributed by atoms with Gasteiger partial charge in [-0.1, -0.05) is 145 Å². The van der Waals surface area contributed by atoms with Crippen molar-refractivity contribution in [3.05, 3.63) is 119 Å². The number of carboxylic acid groups (broad SMARTS) is 3. The van der Waals surface area contributed by atoms with Gasteiger partial charge < -0.3 is 75.8 Å². The normalized spacial score (nSPS) is 38.5. The number of hydrogen-bond donors (Lipinski definition) is 11. The number of aliphatic hydroxyl groups is 5. The van der Waals surface area contributed by atoms with E-state index in [1.807, 2.05) is 57.2 Å². The fourth-order valence-corrected chi connectivity index (χ4v) is 17.4. The lowest BCUT2D eigenvalue weighted by molar-refractivity contribution is -0.369. The molecule has 0 radical (unpaired) electrons. The summed E-state index contributed by atoms with van der Waals surface area (Å²) >= 11 is 0. The van der Waals surface area contributed by atoms with E-state index in [0.29, 0.717) is 49.7 Å². The summed E-state index contributed by atoms with van der Waals surface area (Å²) in [5, 5.41) is 96.1. The molecule has 494 valence electrons. The third kappa shape index (κ3) is 12.6. The molecule has 10 rings (SSSR count). The van der Waals surface area contributed by atoms with Crippen LogP contribution in [0.15, 0.2) is 103 Å². The highest BCUT2D eigenvalue weighted by Crippen LogP contribution is 2.75. The lowest BCUT2D eigenvalue weighted by atomic mass is 9.33. The van der Waals surface area contributed by atoms with Crippen molar-refractivity contribution in [3.8, 4) is 0 Å². The van der Waals surface area contributed by atoms with Crippen molar-refractivity contribution in [2.24, 2.45) is 50.2 Å². The highest BCUT2D eigenvalue weighted by atomic mass is 16.8. The van der Waals surface area contributed by atoms with Gasteiger partial charge in [0.05, 0.1) is 6.10 Å². The molecule has 4 saturated carbocycles. The summed E-state index contributed by atoms with van der Waals surface area (Å²) in [7, 11) is 0. The van der Waals surface area contributed by atoms with Gasteiger partial charge in [-0.05, 0) is 119 Å². The van der Waals surface area contributed by atoms with Crippen LogP contribution in [0.1, 0.15) is 123 Å². The number of rotatable bonds is 19. The molecule has 3 aromatic rings. The minimum Gasteiger partial charge on any atom is -0.480 e. The molecule has 22 heteroatoms. The summed E-state index contributed by atoms with van der Waals surface area (Å²) in [5.74, 6) is -7.48. The predicted molar refractivity (Wildman–Crippen MR) is 326 cm³/mol. The largest absolute Gasteiger partial charge is 0.480 e. The van der Waals surface area contributed by atoms with E-state index in [1.165, 1.54) is 0 Å². The summed E-state index contributed by atoms with van der Waals surface area (Å²) in [6.07, 6.45) is -14.6. The first kappa shape index (κ1) is 67.4. The molecular formula is C69H89N3O19. The van der Waals surface area contributed by atoms with Crippen LogP contribution in [0.5, 0.6) is 0 Å². The van der Waals surface area contributed by atoms with Crippen LogP contribution in [0.4, 0.5) is 0 Å². The number of benzene rings is 3. The number of aliphatic carboxylic acids is 3. The SMILES string of the molecule is CC1(C(=O)NC(Cc2ccccc2)C(=O)O)CC[C@]2(C)CC[C@]3(C)C(=CC(=O)C4[C@@]5(C)CC[C@H](O[C@@H]6O[C@H](C(=O)NC(Cc7ccccc7)C(=O)O)[C@@H](O)[C@H](O)[C@H]6O[C@@H]6O[C@H](C(=O)NC(Cc7ccccc7)C(=O)O)[C@@H](O)[C@H](O)[C@H]6O)C(C)(C)[C@@H]5CC[C@]43C)[C@@H]2C1. The Kier molecular flexibility index (Phi) is 19.1. The lowest BCUT2D eigenvalue weighted by Crippen LogP contribution is -2.69. The smallest absolute Gasteiger partial charge is 0.326 e. The standard InChI is InChI=1S/C69H89N3O19/c1-64(2)45-23-26-69(7)55(44(73)34-39-40-35-66(4,28-27-65(40,3)29-30-68(39,69)6)63(87)72-43(60(85)86)33-38-21-15-10-16-22-38)67(45,5)25-24-46(64)88-62-54(50(77)49(76)53(90-62)57(80)71-42(59(83)84)32-37-19-13-9-14-20-37)91-61-51(78)47(74)48(75)52(89-61)56(79)70-41(58(81)82)31-36-17-11-8-12-18-36/h8-22,34,40-43,45-55,61-62,74-78H,23-33,35H2,1-7H3,(H,70,79)(H,71,80)(H,72,87)(H,81,82)(H,83,84)(H,85,86)/t40-,41?,42?,43?,45-,46-,47-,48-,49-,50-,51+,52-,53-,54+,55?,61-,62+,65+,66?,67-,68+,69+/m0/s1. The van der Waals surface area contributed by atoms with Crippen molar-refractivity contribution < 1.29 is 93.4 Å². The molecule has 0 aromatic heterocycles. The number of nitrogens with one attached hydrogen (secondary N) is 3. The number of amides is 3. The molecule has 5 aliphatic carbocycles. The van der Waals surface area contributed by atoms with Gasteiger partial charge in [0.2, 0.25) is 5.91 Å². The zero-order chi connectivity index (χ0) is 65.9. The molecule has 7 aliphatic rings. The van der Waals surface area contributed by atoms with Crippen LogP contribution in [0.3, 0.4) is 0 Å². The third-order valence-corrected chi connectivity index (χ3v) is 23.0. The highest BCUT2D eigenvalue weighted by Gasteiger charge is 2.71. The van der Waals surface area contributed by atoms with Crippen LogP contribution in [0, 0.1) is 50.2 Å². The summed E-state index contributed by atoms with van der Waals surface area (Å²) in [6.45, 7) is 14.8. The van der Waals surface area contributed by atoms with Gasteiger partial charge in [0, 0.05) is 30.6 Å². The number of allylic oxidation sites excluding steroid dienone is 2. The number of ether oxygens (including phenoxy) is 4. The average molecular weight is 1260 g/mol. The van der Waals surface area contributed by atoms with Gasteiger partial charge in [-0.15, -0.1) is 0 Å². The highest BCUT2D eigenvalue weighted by molar-refractivity contribution is 5.96. The molecule has 3 amide bonds. The predicted octanol–water partition coefficient (Wildman–Crippen LogP) is 4.43. The number of carbonyl (C=O) groups excluding carboxylic acids is 4. The summed E-state index contributed by atoms with van der Waals surface area (Å²) < 4.78 is 25.3. The van der Waals surface area contributed by atoms with Gasteiger partial charge in [-0.2, -0.15) is 0 Å². The molecule has 2 heterocycles. The van der Waals surface area contributed by atoms with Crippen molar-refractivity contribution in [1.82, 2.24) is 16.0 Å². The van der Waals surface area contributed by atoms with Gasteiger partial charge in [0.1, 0.15) is 54.7 Å². The van der Waals surface area contributed by atoms with Gasteiger partial charge in [-0.3, -0.25) is 19.2 Å². The quantitative estimate of drug-likeness (QED) is 0.0740. The Hall–Kier alpha value is -6.47. The second kappa shape index (κ2) is 25.8. The molecule has 22 nitrogen and oxygen atoms in total. The minimum absolute atomic E-state index is 0.00546. The van der Waals surface area contributed by atoms with E-state index in [0.717, 1.165) is 24.0 Å². The first-order valence-corrected chi connectivity index (χ1v) is 31.9. The Morgan fingerprint density at radius 3 is 1.53 bits per heavy atom. The molecule has 6 fully saturated rings. The Bertz CT molecular complexity index is 3240. The second-order valence-electron chi connectivity index (χ2n) is 28.9. The second-order valence-corrected chi connectivity index (χ2v) is 28.9. The lowest BCUT2D eigenvalue weighted by Gasteiger charge is -2.70.